The average molecular weight is 257 g/mol. The van der Waals surface area contributed by atoms with Gasteiger partial charge in [-0.25, -0.2) is 0 Å². The lowest BCUT2D eigenvalue weighted by atomic mass is 10.3. The van der Waals surface area contributed by atoms with Gasteiger partial charge in [-0.15, -0.1) is 0 Å². The third kappa shape index (κ3) is 3.85. The number of aromatic nitrogens is 1. The molecule has 0 saturated carbocycles. The van der Waals surface area contributed by atoms with Crippen LogP contribution in [0.15, 0.2) is 24.8 Å². The summed E-state index contributed by atoms with van der Waals surface area (Å²) in [7, 11) is 2.09. The van der Waals surface area contributed by atoms with Crippen LogP contribution in [-0.4, -0.2) is 4.57 Å². The number of allylic oxidation sites excluding steroid dienone is 3. The van der Waals surface area contributed by atoms with Crippen LogP contribution in [0.2, 0.25) is 0 Å². The molecule has 0 aromatic carbocycles. The van der Waals surface area contributed by atoms with Crippen LogP contribution in [0.3, 0.4) is 0 Å². The van der Waals surface area contributed by atoms with Crippen molar-refractivity contribution in [3.05, 3.63) is 45.9 Å². The van der Waals surface area contributed by atoms with Gasteiger partial charge in [0.25, 0.3) is 0 Å². The Morgan fingerprint density at radius 3 is 1.74 bits per heavy atom. The fourth-order valence-corrected chi connectivity index (χ4v) is 2.08. The highest BCUT2D eigenvalue weighted by Gasteiger charge is 1.97. The molecule has 19 heavy (non-hydrogen) atoms. The van der Waals surface area contributed by atoms with Crippen LogP contribution < -0.4 is 21.1 Å². The lowest BCUT2D eigenvalue weighted by molar-refractivity contribution is 0.855. The number of nitrogens with zero attached hydrogens (tertiary/aromatic N) is 1. The molecular formula is C18H27N. The Labute approximate surface area is 117 Å². The maximum atomic E-state index is 3.78. The molecule has 0 aliphatic carbocycles. The van der Waals surface area contributed by atoms with Crippen LogP contribution in [0.5, 0.6) is 0 Å². The highest BCUT2D eigenvalue weighted by atomic mass is 14.9. The van der Waals surface area contributed by atoms with E-state index in [4.69, 9.17) is 0 Å². The standard InChI is InChI=1S/C16H21N.C2H6/c1-6-10-12-16-14(9-4)13(8-3)15(11-7-2)17(16)5;1-2/h6-12H,2H2,1,3-5H3;1-2H3/b10-6-,13-8-,14-9-,15-11+,16-12+;. The van der Waals surface area contributed by atoms with Gasteiger partial charge in [0.2, 0.25) is 0 Å². The summed E-state index contributed by atoms with van der Waals surface area (Å²) < 4.78 is 2.20. The second kappa shape index (κ2) is 9.21. The topological polar surface area (TPSA) is 4.93 Å². The van der Waals surface area contributed by atoms with E-state index in [1.165, 1.54) is 21.1 Å². The molecule has 1 aromatic heterocycles. The first-order valence-corrected chi connectivity index (χ1v) is 6.94. The van der Waals surface area contributed by atoms with E-state index in [0.717, 1.165) is 0 Å². The van der Waals surface area contributed by atoms with E-state index in [1.807, 2.05) is 32.9 Å². The van der Waals surface area contributed by atoms with Crippen LogP contribution in [0.25, 0.3) is 24.3 Å². The van der Waals surface area contributed by atoms with Gasteiger partial charge in [-0.05, 0) is 32.9 Å². The minimum absolute atomic E-state index is 1.20. The van der Waals surface area contributed by atoms with E-state index in [0.29, 0.717) is 0 Å². The van der Waals surface area contributed by atoms with Crippen molar-refractivity contribution in [2.75, 3.05) is 0 Å². The molecular weight excluding hydrogens is 230 g/mol. The Kier molecular flexibility index (Phi) is 8.35. The molecule has 0 saturated heterocycles. The van der Waals surface area contributed by atoms with Crippen LogP contribution in [-0.2, 0) is 7.05 Å². The lowest BCUT2D eigenvalue weighted by Crippen LogP contribution is -2.36. The summed E-state index contributed by atoms with van der Waals surface area (Å²) in [4.78, 5) is 0. The fraction of sp³-hybridized carbons (Fsp3) is 0.333. The molecule has 1 aromatic rings. The zero-order valence-electron chi connectivity index (χ0n) is 13.2. The van der Waals surface area contributed by atoms with E-state index in [9.17, 15) is 0 Å². The predicted molar refractivity (Wildman–Crippen MR) is 89.5 cm³/mol. The molecule has 0 amide bonds. The molecule has 1 rings (SSSR count). The van der Waals surface area contributed by atoms with E-state index in [1.54, 1.807) is 0 Å². The molecule has 0 unspecified atom stereocenters. The van der Waals surface area contributed by atoms with Crippen LogP contribution in [0.1, 0.15) is 34.6 Å². The van der Waals surface area contributed by atoms with Gasteiger partial charge in [0.15, 0.2) is 0 Å². The molecule has 104 valence electrons. The average Bonchev–Trinajstić information content (AvgIpc) is 2.71. The maximum Gasteiger partial charge on any atom is 0.0485 e. The van der Waals surface area contributed by atoms with Gasteiger partial charge in [-0.2, -0.15) is 0 Å². The summed E-state index contributed by atoms with van der Waals surface area (Å²) in [6, 6.07) is 0. The molecule has 0 atom stereocenters. The van der Waals surface area contributed by atoms with Gasteiger partial charge in [-0.1, -0.05) is 50.8 Å². The van der Waals surface area contributed by atoms with Gasteiger partial charge in [0.05, 0.1) is 0 Å². The normalized spacial score (nSPS) is 15.1. The first kappa shape index (κ1) is 17.2. The smallest absolute Gasteiger partial charge is 0.0485 e. The molecule has 0 fully saturated rings. The van der Waals surface area contributed by atoms with E-state index in [2.05, 4.69) is 62.4 Å². The first-order chi connectivity index (χ1) is 9.21. The van der Waals surface area contributed by atoms with Gasteiger partial charge < -0.3 is 4.57 Å². The van der Waals surface area contributed by atoms with E-state index in [-0.39, 0.29) is 0 Å². The quantitative estimate of drug-likeness (QED) is 0.763. The molecule has 1 heterocycles. The van der Waals surface area contributed by atoms with Crippen LogP contribution >= 0.6 is 0 Å². The third-order valence-corrected chi connectivity index (χ3v) is 2.86. The molecule has 0 aliphatic rings. The summed E-state index contributed by atoms with van der Waals surface area (Å²) in [6.07, 6.45) is 14.4. The SMILES string of the molecule is C=C\C=c1c(=C\C)/c(=C/C)c(=C\C=C/C)/n/1C.CC. The van der Waals surface area contributed by atoms with Crippen molar-refractivity contribution in [3.8, 4) is 0 Å². The minimum atomic E-state index is 1.20. The fourth-order valence-electron chi connectivity index (χ4n) is 2.08. The summed E-state index contributed by atoms with van der Waals surface area (Å²) in [6.45, 7) is 14.0. The zero-order valence-corrected chi connectivity index (χ0v) is 13.2. The van der Waals surface area contributed by atoms with E-state index >= 15 is 0 Å². The maximum absolute atomic E-state index is 3.78. The Hall–Kier alpha value is -1.76. The molecule has 0 spiro atoms. The van der Waals surface area contributed by atoms with Crippen molar-refractivity contribution in [1.82, 2.24) is 4.57 Å². The Morgan fingerprint density at radius 1 is 0.895 bits per heavy atom. The highest BCUT2D eigenvalue weighted by Crippen LogP contribution is 1.71. The number of rotatable bonds is 2. The van der Waals surface area contributed by atoms with Crippen molar-refractivity contribution in [1.29, 1.82) is 0 Å². The Morgan fingerprint density at radius 2 is 1.37 bits per heavy atom. The summed E-state index contributed by atoms with van der Waals surface area (Å²) >= 11 is 0. The van der Waals surface area contributed by atoms with Crippen molar-refractivity contribution in [2.45, 2.75) is 34.6 Å². The second-order valence-electron chi connectivity index (χ2n) is 3.83. The van der Waals surface area contributed by atoms with Gasteiger partial charge >= 0.3 is 0 Å². The van der Waals surface area contributed by atoms with Gasteiger partial charge in [-0.3, -0.25) is 0 Å². The van der Waals surface area contributed by atoms with Gasteiger partial charge in [0.1, 0.15) is 0 Å². The van der Waals surface area contributed by atoms with E-state index < -0.39 is 0 Å². The third-order valence-electron chi connectivity index (χ3n) is 2.86. The summed E-state index contributed by atoms with van der Waals surface area (Å²) in [5, 5.41) is 4.98. The minimum Gasteiger partial charge on any atom is -0.344 e. The summed E-state index contributed by atoms with van der Waals surface area (Å²) in [5.41, 5.74) is 0. The first-order valence-electron chi connectivity index (χ1n) is 6.94. The molecule has 0 bridgehead atoms. The number of hydrogen-bond acceptors (Lipinski definition) is 0. The van der Waals surface area contributed by atoms with Crippen LogP contribution in [0.4, 0.5) is 0 Å². The Bertz CT molecular complexity index is 652. The summed E-state index contributed by atoms with van der Waals surface area (Å²) in [5.74, 6) is 0. The number of hydrogen-bond donors (Lipinski definition) is 0. The van der Waals surface area contributed by atoms with Crippen molar-refractivity contribution in [2.24, 2.45) is 7.05 Å². The van der Waals surface area contributed by atoms with Crippen molar-refractivity contribution in [3.63, 3.8) is 0 Å². The second-order valence-corrected chi connectivity index (χ2v) is 3.83. The molecule has 0 radical (unpaired) electrons. The highest BCUT2D eigenvalue weighted by molar-refractivity contribution is 5.43. The van der Waals surface area contributed by atoms with Crippen LogP contribution in [0, 0.1) is 0 Å². The lowest BCUT2D eigenvalue weighted by Gasteiger charge is -1.91. The van der Waals surface area contributed by atoms with Crippen molar-refractivity contribution < 1.29 is 0 Å². The van der Waals surface area contributed by atoms with Gasteiger partial charge in [0, 0.05) is 28.2 Å². The molecule has 0 aliphatic heterocycles. The monoisotopic (exact) mass is 257 g/mol. The molecule has 0 N–H and O–H groups in total. The zero-order chi connectivity index (χ0) is 14.8. The molecule has 1 nitrogen and oxygen atoms in total. The molecule has 1 heteroatoms. The van der Waals surface area contributed by atoms with Crippen molar-refractivity contribution >= 4 is 24.3 Å². The Balaban J connectivity index is 0.00000154. The predicted octanol–water partition coefficient (Wildman–Crippen LogP) is 1.98. The largest absolute Gasteiger partial charge is 0.344 e.